The zero-order valence-electron chi connectivity index (χ0n) is 15.8. The van der Waals surface area contributed by atoms with Crippen molar-refractivity contribution in [3.63, 3.8) is 0 Å². The van der Waals surface area contributed by atoms with Gasteiger partial charge < -0.3 is 16.0 Å². The minimum absolute atomic E-state index is 0. The van der Waals surface area contributed by atoms with Gasteiger partial charge in [-0.3, -0.25) is 9.59 Å². The van der Waals surface area contributed by atoms with Crippen LogP contribution in [0.2, 0.25) is 0 Å². The lowest BCUT2D eigenvalue weighted by Crippen LogP contribution is -2.36. The third-order valence-electron chi connectivity index (χ3n) is 5.12. The number of nitrogens with zero attached hydrogens (tertiary/aromatic N) is 1. The van der Waals surface area contributed by atoms with Crippen molar-refractivity contribution in [2.45, 2.75) is 39.8 Å². The van der Waals surface area contributed by atoms with Gasteiger partial charge in [0, 0.05) is 35.3 Å². The van der Waals surface area contributed by atoms with Crippen LogP contribution >= 0.6 is 23.7 Å². The van der Waals surface area contributed by atoms with E-state index < -0.39 is 0 Å². The van der Waals surface area contributed by atoms with Crippen molar-refractivity contribution in [3.05, 3.63) is 51.2 Å². The normalized spacial score (nSPS) is 15.3. The maximum atomic E-state index is 13.0. The van der Waals surface area contributed by atoms with Gasteiger partial charge in [-0.05, 0) is 55.0 Å². The Kier molecular flexibility index (Phi) is 7.03. The maximum Gasteiger partial charge on any atom is 0.254 e. The van der Waals surface area contributed by atoms with Gasteiger partial charge in [-0.1, -0.05) is 13.0 Å². The van der Waals surface area contributed by atoms with E-state index in [1.807, 2.05) is 36.9 Å². The van der Waals surface area contributed by atoms with E-state index in [0.717, 1.165) is 18.5 Å². The van der Waals surface area contributed by atoms with Crippen LogP contribution in [0.4, 0.5) is 5.69 Å². The van der Waals surface area contributed by atoms with Gasteiger partial charge in [0.1, 0.15) is 0 Å². The van der Waals surface area contributed by atoms with Crippen molar-refractivity contribution < 1.29 is 9.59 Å². The number of hydrogen-bond acceptors (Lipinski definition) is 4. The van der Waals surface area contributed by atoms with E-state index in [1.165, 1.54) is 10.4 Å². The zero-order chi connectivity index (χ0) is 18.8. The van der Waals surface area contributed by atoms with Gasteiger partial charge >= 0.3 is 0 Å². The fourth-order valence-corrected chi connectivity index (χ4v) is 3.97. The first kappa shape index (κ1) is 21.4. The minimum atomic E-state index is -0.298. The number of amides is 2. The number of carbonyl (C=O) groups is 2. The molecule has 1 aliphatic rings. The molecule has 2 unspecified atom stereocenters. The molecular formula is C20H26ClN3O2S. The van der Waals surface area contributed by atoms with Crippen LogP contribution in [0.3, 0.4) is 0 Å². The molecule has 0 aliphatic carbocycles. The average Bonchev–Trinajstić information content (AvgIpc) is 3.09. The van der Waals surface area contributed by atoms with Gasteiger partial charge in [0.05, 0.1) is 5.92 Å². The van der Waals surface area contributed by atoms with Crippen LogP contribution in [0.25, 0.3) is 0 Å². The monoisotopic (exact) mass is 407 g/mol. The van der Waals surface area contributed by atoms with Crippen molar-refractivity contribution in [3.8, 4) is 0 Å². The summed E-state index contributed by atoms with van der Waals surface area (Å²) in [7, 11) is 0. The molecule has 146 valence electrons. The maximum absolute atomic E-state index is 13.0. The summed E-state index contributed by atoms with van der Waals surface area (Å²) in [6.07, 6.45) is 0.903. The van der Waals surface area contributed by atoms with Crippen molar-refractivity contribution >= 4 is 41.2 Å². The van der Waals surface area contributed by atoms with Crippen molar-refractivity contribution in [1.29, 1.82) is 0 Å². The summed E-state index contributed by atoms with van der Waals surface area (Å²) in [5.74, 6) is -0.419. The summed E-state index contributed by atoms with van der Waals surface area (Å²) in [4.78, 5) is 28.6. The number of fused-ring (bicyclic) bond motifs is 1. The van der Waals surface area contributed by atoms with Gasteiger partial charge in [-0.25, -0.2) is 0 Å². The summed E-state index contributed by atoms with van der Waals surface area (Å²) in [6, 6.07) is 7.33. The number of carbonyl (C=O) groups excluding carboxylic acids is 2. The van der Waals surface area contributed by atoms with Crippen LogP contribution in [0.5, 0.6) is 0 Å². The van der Waals surface area contributed by atoms with Gasteiger partial charge in [-0.2, -0.15) is 0 Å². The predicted octanol–water partition coefficient (Wildman–Crippen LogP) is 3.60. The second kappa shape index (κ2) is 8.87. The number of halogens is 1. The summed E-state index contributed by atoms with van der Waals surface area (Å²) < 4.78 is 0. The number of nitrogens with two attached hydrogens (primary N) is 1. The molecule has 0 bridgehead atoms. The van der Waals surface area contributed by atoms with E-state index in [1.54, 1.807) is 18.3 Å². The lowest BCUT2D eigenvalue weighted by Gasteiger charge is -2.28. The van der Waals surface area contributed by atoms with Crippen LogP contribution in [0.15, 0.2) is 29.6 Å². The molecule has 1 aliphatic heterocycles. The minimum Gasteiger partial charge on any atom is -0.334 e. The molecule has 0 saturated heterocycles. The molecule has 3 N–H and O–H groups in total. The molecule has 3 rings (SSSR count). The molecule has 1 aromatic heterocycles. The fraction of sp³-hybridized carbons (Fsp3) is 0.400. The fourth-order valence-electron chi connectivity index (χ4n) is 3.08. The largest absolute Gasteiger partial charge is 0.334 e. The molecule has 27 heavy (non-hydrogen) atoms. The molecule has 2 atom stereocenters. The Morgan fingerprint density at radius 3 is 2.70 bits per heavy atom. The molecule has 0 radical (unpaired) electrons. The Morgan fingerprint density at radius 2 is 2.00 bits per heavy atom. The molecule has 0 fully saturated rings. The number of thiophene rings is 1. The third-order valence-corrected chi connectivity index (χ3v) is 6.14. The Labute approximate surface area is 170 Å². The number of hydrogen-bond donors (Lipinski definition) is 2. The average molecular weight is 408 g/mol. The van der Waals surface area contributed by atoms with E-state index in [4.69, 9.17) is 5.73 Å². The highest BCUT2D eigenvalue weighted by atomic mass is 35.5. The van der Waals surface area contributed by atoms with Crippen LogP contribution < -0.4 is 11.1 Å². The quantitative estimate of drug-likeness (QED) is 0.813. The Morgan fingerprint density at radius 1 is 1.26 bits per heavy atom. The lowest BCUT2D eigenvalue weighted by atomic mass is 10.0. The van der Waals surface area contributed by atoms with Crippen LogP contribution in [-0.2, 0) is 17.8 Å². The SMILES string of the molecule is Cc1c(NC(=O)C(C)C(C)N)cccc1C(=O)N1CCc2sccc2C1.Cl. The molecule has 2 heterocycles. The van der Waals surface area contributed by atoms with Crippen molar-refractivity contribution in [1.82, 2.24) is 4.90 Å². The number of nitrogens with one attached hydrogen (secondary N) is 1. The van der Waals surface area contributed by atoms with Gasteiger partial charge in [-0.15, -0.1) is 23.7 Å². The van der Waals surface area contributed by atoms with Crippen LogP contribution in [-0.4, -0.2) is 29.3 Å². The second-order valence-corrected chi connectivity index (χ2v) is 7.96. The summed E-state index contributed by atoms with van der Waals surface area (Å²) >= 11 is 1.76. The number of benzene rings is 1. The standard InChI is InChI=1S/C20H25N3O2S.ClH/c1-12(14(3)21)19(24)22-17-6-4-5-16(13(17)2)20(25)23-9-7-18-15(11-23)8-10-26-18;/h4-6,8,10,12,14H,7,9,11,21H2,1-3H3,(H,22,24);1H. The molecular weight excluding hydrogens is 382 g/mol. The smallest absolute Gasteiger partial charge is 0.254 e. The number of anilines is 1. The molecule has 5 nitrogen and oxygen atoms in total. The summed E-state index contributed by atoms with van der Waals surface area (Å²) in [5.41, 5.74) is 9.14. The highest BCUT2D eigenvalue weighted by Gasteiger charge is 2.25. The molecule has 1 aromatic carbocycles. The number of rotatable bonds is 4. The second-order valence-electron chi connectivity index (χ2n) is 6.96. The van der Waals surface area contributed by atoms with Crippen LogP contribution in [0, 0.1) is 12.8 Å². The highest BCUT2D eigenvalue weighted by Crippen LogP contribution is 2.27. The molecule has 7 heteroatoms. The van der Waals surface area contributed by atoms with E-state index in [9.17, 15) is 9.59 Å². The lowest BCUT2D eigenvalue weighted by molar-refractivity contribution is -0.119. The Bertz CT molecular complexity index is 834. The first-order valence-electron chi connectivity index (χ1n) is 8.89. The molecule has 2 aromatic rings. The zero-order valence-corrected chi connectivity index (χ0v) is 17.5. The van der Waals surface area contributed by atoms with Crippen LogP contribution in [0.1, 0.15) is 40.2 Å². The van der Waals surface area contributed by atoms with E-state index in [-0.39, 0.29) is 36.2 Å². The van der Waals surface area contributed by atoms with Gasteiger partial charge in [0.2, 0.25) is 5.91 Å². The summed E-state index contributed by atoms with van der Waals surface area (Å²) in [5, 5.41) is 5.00. The van der Waals surface area contributed by atoms with Gasteiger partial charge in [0.15, 0.2) is 0 Å². The molecule has 0 spiro atoms. The Balaban J connectivity index is 0.00000261. The third kappa shape index (κ3) is 4.51. The van der Waals surface area contributed by atoms with Crippen molar-refractivity contribution in [2.24, 2.45) is 11.7 Å². The first-order chi connectivity index (χ1) is 12.4. The van der Waals surface area contributed by atoms with Crippen molar-refractivity contribution in [2.75, 3.05) is 11.9 Å². The predicted molar refractivity (Wildman–Crippen MR) is 113 cm³/mol. The van der Waals surface area contributed by atoms with E-state index in [2.05, 4.69) is 16.8 Å². The van der Waals surface area contributed by atoms with E-state index >= 15 is 0 Å². The molecule has 2 amide bonds. The van der Waals surface area contributed by atoms with Gasteiger partial charge in [0.25, 0.3) is 5.91 Å². The first-order valence-corrected chi connectivity index (χ1v) is 9.77. The summed E-state index contributed by atoms with van der Waals surface area (Å²) in [6.45, 7) is 6.86. The van der Waals surface area contributed by atoms with E-state index in [0.29, 0.717) is 17.8 Å². The Hall–Kier alpha value is -1.89. The highest BCUT2D eigenvalue weighted by molar-refractivity contribution is 7.10. The topological polar surface area (TPSA) is 75.4 Å². The molecule has 0 saturated carbocycles.